The van der Waals surface area contributed by atoms with Crippen molar-refractivity contribution < 1.29 is 5.11 Å². The van der Waals surface area contributed by atoms with Gasteiger partial charge in [-0.2, -0.15) is 0 Å². The molecule has 0 rings (SSSR count). The van der Waals surface area contributed by atoms with Gasteiger partial charge < -0.3 is 10.4 Å². The molecule has 0 aliphatic heterocycles. The van der Waals surface area contributed by atoms with Crippen LogP contribution in [-0.2, 0) is 0 Å². The Hall–Kier alpha value is -0.340. The van der Waals surface area contributed by atoms with E-state index >= 15 is 0 Å². The molecule has 0 saturated carbocycles. The van der Waals surface area contributed by atoms with Crippen molar-refractivity contribution in [1.29, 1.82) is 0 Å². The van der Waals surface area contributed by atoms with Gasteiger partial charge in [-0.25, -0.2) is 0 Å². The van der Waals surface area contributed by atoms with Crippen LogP contribution in [0.5, 0.6) is 0 Å². The maximum atomic E-state index is 8.42. The first-order chi connectivity index (χ1) is 3.81. The number of likely N-dealkylation sites (N-methyl/N-ethyl adjacent to an activating group) is 1. The van der Waals surface area contributed by atoms with Crippen molar-refractivity contribution >= 4 is 0 Å². The van der Waals surface area contributed by atoms with E-state index in [0.717, 1.165) is 18.7 Å². The fourth-order valence-corrected chi connectivity index (χ4v) is 0.358. The van der Waals surface area contributed by atoms with E-state index in [1.54, 1.807) is 0 Å². The van der Waals surface area contributed by atoms with Gasteiger partial charge in [-0.15, -0.1) is 0 Å². The van der Waals surface area contributed by atoms with Crippen molar-refractivity contribution in [3.05, 3.63) is 12.2 Å². The molecular weight excluding hydrogens is 102 g/mol. The van der Waals surface area contributed by atoms with E-state index < -0.39 is 0 Å². The minimum absolute atomic E-state index is 0.0903. The van der Waals surface area contributed by atoms with Crippen molar-refractivity contribution in [3.63, 3.8) is 0 Å². The lowest BCUT2D eigenvalue weighted by atomic mass is 10.3. The van der Waals surface area contributed by atoms with Gasteiger partial charge in [0.25, 0.3) is 0 Å². The van der Waals surface area contributed by atoms with Gasteiger partial charge in [0.05, 0.1) is 6.61 Å². The van der Waals surface area contributed by atoms with Gasteiger partial charge in [0.1, 0.15) is 0 Å². The van der Waals surface area contributed by atoms with E-state index in [0.29, 0.717) is 0 Å². The normalized spacial score (nSPS) is 9.25. The molecule has 8 heavy (non-hydrogen) atoms. The molecular formula is C6H13NO. The predicted molar refractivity (Wildman–Crippen MR) is 34.8 cm³/mol. The minimum Gasteiger partial charge on any atom is -0.392 e. The molecule has 0 aromatic rings. The van der Waals surface area contributed by atoms with Crippen molar-refractivity contribution in [2.75, 3.05) is 19.7 Å². The van der Waals surface area contributed by atoms with Crippen LogP contribution in [0.15, 0.2) is 12.2 Å². The van der Waals surface area contributed by atoms with Gasteiger partial charge in [-0.1, -0.05) is 13.5 Å². The van der Waals surface area contributed by atoms with Crippen LogP contribution in [0.4, 0.5) is 0 Å². The number of aliphatic hydroxyl groups excluding tert-OH is 1. The van der Waals surface area contributed by atoms with Crippen LogP contribution in [-0.4, -0.2) is 24.8 Å². The number of hydrogen-bond donors (Lipinski definition) is 2. The summed E-state index contributed by atoms with van der Waals surface area (Å²) >= 11 is 0. The largest absolute Gasteiger partial charge is 0.392 e. The fourth-order valence-electron chi connectivity index (χ4n) is 0.358. The van der Waals surface area contributed by atoms with E-state index in [-0.39, 0.29) is 6.61 Å². The average molecular weight is 115 g/mol. The second-order valence-electron chi connectivity index (χ2n) is 1.69. The van der Waals surface area contributed by atoms with Crippen LogP contribution in [0.25, 0.3) is 0 Å². The maximum absolute atomic E-state index is 8.42. The molecule has 0 atom stereocenters. The maximum Gasteiger partial charge on any atom is 0.0651 e. The highest BCUT2D eigenvalue weighted by Crippen LogP contribution is 1.81. The van der Waals surface area contributed by atoms with E-state index in [1.165, 1.54) is 0 Å². The molecule has 0 aromatic heterocycles. The summed E-state index contributed by atoms with van der Waals surface area (Å²) < 4.78 is 0. The molecule has 2 heteroatoms. The monoisotopic (exact) mass is 115 g/mol. The first-order valence-corrected chi connectivity index (χ1v) is 2.79. The van der Waals surface area contributed by atoms with E-state index in [2.05, 4.69) is 11.9 Å². The number of nitrogens with one attached hydrogen (secondary N) is 1. The molecule has 0 radical (unpaired) electrons. The van der Waals surface area contributed by atoms with Crippen LogP contribution in [0.1, 0.15) is 6.92 Å². The van der Waals surface area contributed by atoms with Gasteiger partial charge >= 0.3 is 0 Å². The van der Waals surface area contributed by atoms with Crippen LogP contribution in [0.3, 0.4) is 0 Å². The Morgan fingerprint density at radius 3 is 2.75 bits per heavy atom. The third-order valence-corrected chi connectivity index (χ3v) is 0.849. The quantitative estimate of drug-likeness (QED) is 0.511. The highest BCUT2D eigenvalue weighted by atomic mass is 16.3. The molecule has 0 saturated heterocycles. The summed E-state index contributed by atoms with van der Waals surface area (Å²) in [5.74, 6) is 0. The molecule has 2 N–H and O–H groups in total. The highest BCUT2D eigenvalue weighted by molar-refractivity contribution is 4.95. The lowest BCUT2D eigenvalue weighted by molar-refractivity contribution is 0.328. The Bertz CT molecular complexity index is 70.9. The minimum atomic E-state index is 0.0903. The summed E-state index contributed by atoms with van der Waals surface area (Å²) in [5, 5.41) is 11.5. The topological polar surface area (TPSA) is 32.3 Å². The summed E-state index contributed by atoms with van der Waals surface area (Å²) in [7, 11) is 0. The third kappa shape index (κ3) is 3.84. The Kier molecular flexibility index (Phi) is 4.61. The first kappa shape index (κ1) is 7.66. The summed E-state index contributed by atoms with van der Waals surface area (Å²) in [6.45, 7) is 7.37. The molecule has 0 heterocycles. The highest BCUT2D eigenvalue weighted by Gasteiger charge is 1.86. The Balaban J connectivity index is 2.99. The Morgan fingerprint density at radius 2 is 2.38 bits per heavy atom. The Morgan fingerprint density at radius 1 is 1.75 bits per heavy atom. The van der Waals surface area contributed by atoms with Gasteiger partial charge in [-0.05, 0) is 12.1 Å². The van der Waals surface area contributed by atoms with Crippen LogP contribution in [0, 0.1) is 0 Å². The summed E-state index contributed by atoms with van der Waals surface area (Å²) in [6.07, 6.45) is 0. The third-order valence-electron chi connectivity index (χ3n) is 0.849. The summed E-state index contributed by atoms with van der Waals surface area (Å²) in [6, 6.07) is 0. The lowest BCUT2D eigenvalue weighted by Gasteiger charge is -1.99. The predicted octanol–water partition coefficient (Wildman–Crippen LogP) is 0.144. The molecule has 0 spiro atoms. The molecule has 0 amide bonds. The molecule has 0 fully saturated rings. The second-order valence-corrected chi connectivity index (χ2v) is 1.69. The van der Waals surface area contributed by atoms with Gasteiger partial charge in [0, 0.05) is 6.54 Å². The van der Waals surface area contributed by atoms with Crippen molar-refractivity contribution in [3.8, 4) is 0 Å². The van der Waals surface area contributed by atoms with E-state index in [9.17, 15) is 0 Å². The van der Waals surface area contributed by atoms with Gasteiger partial charge in [0.15, 0.2) is 0 Å². The zero-order valence-electron chi connectivity index (χ0n) is 5.28. The van der Waals surface area contributed by atoms with E-state index in [4.69, 9.17) is 5.11 Å². The fraction of sp³-hybridized carbons (Fsp3) is 0.667. The molecule has 0 aromatic carbocycles. The molecule has 48 valence electrons. The average Bonchev–Trinajstić information content (AvgIpc) is 1.83. The lowest BCUT2D eigenvalue weighted by Crippen LogP contribution is -2.16. The van der Waals surface area contributed by atoms with Crippen molar-refractivity contribution in [2.24, 2.45) is 0 Å². The molecule has 0 aliphatic carbocycles. The van der Waals surface area contributed by atoms with E-state index in [1.807, 2.05) is 6.92 Å². The standard InChI is InChI=1S/C6H13NO/c1-3-7-4-6(2)5-8/h7-8H,2-5H2,1H3. The zero-order valence-corrected chi connectivity index (χ0v) is 5.28. The second kappa shape index (κ2) is 4.81. The summed E-state index contributed by atoms with van der Waals surface area (Å²) in [5.41, 5.74) is 0.840. The first-order valence-electron chi connectivity index (χ1n) is 2.79. The van der Waals surface area contributed by atoms with Gasteiger partial charge in [0.2, 0.25) is 0 Å². The number of aliphatic hydroxyl groups is 1. The van der Waals surface area contributed by atoms with Crippen LogP contribution in [0.2, 0.25) is 0 Å². The Labute approximate surface area is 50.2 Å². The molecule has 0 bridgehead atoms. The van der Waals surface area contributed by atoms with Crippen LogP contribution < -0.4 is 5.32 Å². The molecule has 2 nitrogen and oxygen atoms in total. The number of rotatable bonds is 4. The SMILES string of the molecule is C=C(CO)CNCC. The van der Waals surface area contributed by atoms with Crippen molar-refractivity contribution in [2.45, 2.75) is 6.92 Å². The van der Waals surface area contributed by atoms with Gasteiger partial charge in [-0.3, -0.25) is 0 Å². The van der Waals surface area contributed by atoms with Crippen molar-refractivity contribution in [1.82, 2.24) is 5.32 Å². The zero-order chi connectivity index (χ0) is 6.41. The molecule has 0 unspecified atom stereocenters. The smallest absolute Gasteiger partial charge is 0.0651 e. The molecule has 0 aliphatic rings. The van der Waals surface area contributed by atoms with Crippen LogP contribution >= 0.6 is 0 Å². The number of hydrogen-bond acceptors (Lipinski definition) is 2. The summed E-state index contributed by atoms with van der Waals surface area (Å²) in [4.78, 5) is 0.